The van der Waals surface area contributed by atoms with Crippen molar-refractivity contribution in [2.24, 2.45) is 0 Å². The molecule has 0 saturated heterocycles. The number of fused-ring (bicyclic) bond motifs is 1. The standard InChI is InChI=1S/C19H14N4O2/c20-12-18-21-13-17-19(22-18)23(10-11-24-17)14-6-8-16(9-7-14)25-15-4-2-1-3-5-15/h1-9,13H,10-11H2. The van der Waals surface area contributed by atoms with E-state index in [1.165, 1.54) is 0 Å². The van der Waals surface area contributed by atoms with Crippen LogP contribution in [0.2, 0.25) is 0 Å². The van der Waals surface area contributed by atoms with Gasteiger partial charge in [0.2, 0.25) is 5.82 Å². The van der Waals surface area contributed by atoms with E-state index in [-0.39, 0.29) is 5.82 Å². The predicted molar refractivity (Wildman–Crippen MR) is 92.2 cm³/mol. The first-order valence-electron chi connectivity index (χ1n) is 7.84. The molecule has 4 rings (SSSR count). The van der Waals surface area contributed by atoms with Crippen LogP contribution in [0.4, 0.5) is 11.5 Å². The molecular weight excluding hydrogens is 316 g/mol. The molecule has 0 radical (unpaired) electrons. The Morgan fingerprint density at radius 1 is 1.04 bits per heavy atom. The molecule has 1 aliphatic heterocycles. The van der Waals surface area contributed by atoms with Gasteiger partial charge in [0.15, 0.2) is 11.6 Å². The molecule has 2 aromatic carbocycles. The SMILES string of the molecule is N#Cc1ncc2c(n1)N(c1ccc(Oc3ccccc3)cc1)CCO2. The monoisotopic (exact) mass is 330 g/mol. The van der Waals surface area contributed by atoms with E-state index in [2.05, 4.69) is 9.97 Å². The number of nitriles is 1. The highest BCUT2D eigenvalue weighted by Crippen LogP contribution is 2.35. The lowest BCUT2D eigenvalue weighted by Gasteiger charge is -2.29. The molecule has 1 aromatic heterocycles. The lowest BCUT2D eigenvalue weighted by atomic mass is 10.2. The van der Waals surface area contributed by atoms with Gasteiger partial charge in [0.05, 0.1) is 12.7 Å². The van der Waals surface area contributed by atoms with Gasteiger partial charge in [-0.3, -0.25) is 0 Å². The molecule has 0 fully saturated rings. The maximum atomic E-state index is 9.02. The number of anilines is 2. The Labute approximate surface area is 144 Å². The van der Waals surface area contributed by atoms with Gasteiger partial charge < -0.3 is 14.4 Å². The van der Waals surface area contributed by atoms with E-state index in [1.807, 2.05) is 65.6 Å². The minimum atomic E-state index is 0.123. The second-order valence-electron chi connectivity index (χ2n) is 5.40. The number of benzene rings is 2. The van der Waals surface area contributed by atoms with Crippen LogP contribution < -0.4 is 14.4 Å². The fourth-order valence-corrected chi connectivity index (χ4v) is 2.63. The Balaban J connectivity index is 1.60. The fourth-order valence-electron chi connectivity index (χ4n) is 2.63. The largest absolute Gasteiger partial charge is 0.486 e. The normalized spacial score (nSPS) is 12.7. The molecular formula is C19H14N4O2. The van der Waals surface area contributed by atoms with E-state index in [4.69, 9.17) is 14.7 Å². The predicted octanol–water partition coefficient (Wildman–Crippen LogP) is 3.67. The summed E-state index contributed by atoms with van der Waals surface area (Å²) in [5.74, 6) is 2.85. The van der Waals surface area contributed by atoms with Crippen molar-refractivity contribution in [3.63, 3.8) is 0 Å². The smallest absolute Gasteiger partial charge is 0.234 e. The van der Waals surface area contributed by atoms with Crippen LogP contribution in [0.5, 0.6) is 17.2 Å². The van der Waals surface area contributed by atoms with Crippen molar-refractivity contribution in [3.05, 3.63) is 66.6 Å². The van der Waals surface area contributed by atoms with Crippen LogP contribution in [0, 0.1) is 11.3 Å². The Bertz CT molecular complexity index is 920. The van der Waals surface area contributed by atoms with Gasteiger partial charge >= 0.3 is 0 Å². The van der Waals surface area contributed by atoms with Crippen molar-refractivity contribution in [2.75, 3.05) is 18.1 Å². The zero-order chi connectivity index (χ0) is 17.1. The van der Waals surface area contributed by atoms with Crippen LogP contribution in [0.15, 0.2) is 60.8 Å². The molecule has 122 valence electrons. The molecule has 0 bridgehead atoms. The summed E-state index contributed by atoms with van der Waals surface area (Å²) >= 11 is 0. The maximum absolute atomic E-state index is 9.02. The summed E-state index contributed by atoms with van der Waals surface area (Å²) in [6.45, 7) is 1.18. The fraction of sp³-hybridized carbons (Fsp3) is 0.105. The molecule has 25 heavy (non-hydrogen) atoms. The quantitative estimate of drug-likeness (QED) is 0.729. The zero-order valence-corrected chi connectivity index (χ0v) is 13.3. The molecule has 6 nitrogen and oxygen atoms in total. The van der Waals surface area contributed by atoms with Gasteiger partial charge in [0, 0.05) is 5.69 Å². The van der Waals surface area contributed by atoms with Crippen molar-refractivity contribution in [2.45, 2.75) is 0 Å². The Morgan fingerprint density at radius 3 is 2.56 bits per heavy atom. The molecule has 1 aliphatic rings. The van der Waals surface area contributed by atoms with Gasteiger partial charge in [-0.05, 0) is 36.4 Å². The summed E-state index contributed by atoms with van der Waals surface area (Å²) in [5, 5.41) is 9.02. The third kappa shape index (κ3) is 3.08. The van der Waals surface area contributed by atoms with Gasteiger partial charge in [0.1, 0.15) is 24.2 Å². The molecule has 0 unspecified atom stereocenters. The van der Waals surface area contributed by atoms with Crippen LogP contribution in [-0.2, 0) is 0 Å². The van der Waals surface area contributed by atoms with Crippen molar-refractivity contribution in [3.8, 4) is 23.3 Å². The summed E-state index contributed by atoms with van der Waals surface area (Å²) in [7, 11) is 0. The van der Waals surface area contributed by atoms with E-state index in [0.717, 1.165) is 17.2 Å². The Morgan fingerprint density at radius 2 is 1.80 bits per heavy atom. The number of hydrogen-bond acceptors (Lipinski definition) is 6. The Kier molecular flexibility index (Phi) is 3.89. The number of para-hydroxylation sites is 1. The van der Waals surface area contributed by atoms with Crippen LogP contribution in [0.25, 0.3) is 0 Å². The molecule has 2 heterocycles. The number of rotatable bonds is 3. The molecule has 0 saturated carbocycles. The number of hydrogen-bond donors (Lipinski definition) is 0. The van der Waals surface area contributed by atoms with Crippen molar-refractivity contribution >= 4 is 11.5 Å². The Hall–Kier alpha value is -3.59. The molecule has 0 amide bonds. The average molecular weight is 330 g/mol. The zero-order valence-electron chi connectivity index (χ0n) is 13.3. The topological polar surface area (TPSA) is 71.3 Å². The van der Waals surface area contributed by atoms with Gasteiger partial charge in [-0.1, -0.05) is 18.2 Å². The molecule has 3 aromatic rings. The first kappa shape index (κ1) is 15.0. The average Bonchev–Trinajstić information content (AvgIpc) is 2.68. The number of aromatic nitrogens is 2. The van der Waals surface area contributed by atoms with E-state index >= 15 is 0 Å². The highest BCUT2D eigenvalue weighted by atomic mass is 16.5. The van der Waals surface area contributed by atoms with Crippen LogP contribution in [-0.4, -0.2) is 23.1 Å². The van der Waals surface area contributed by atoms with Gasteiger partial charge in [0.25, 0.3) is 0 Å². The minimum absolute atomic E-state index is 0.123. The lowest BCUT2D eigenvalue weighted by Crippen LogP contribution is -2.29. The van der Waals surface area contributed by atoms with E-state index in [9.17, 15) is 0 Å². The van der Waals surface area contributed by atoms with E-state index < -0.39 is 0 Å². The van der Waals surface area contributed by atoms with Gasteiger partial charge in [-0.15, -0.1) is 0 Å². The second-order valence-corrected chi connectivity index (χ2v) is 5.40. The molecule has 0 spiro atoms. The van der Waals surface area contributed by atoms with E-state index in [0.29, 0.717) is 24.7 Å². The van der Waals surface area contributed by atoms with Crippen LogP contribution in [0.3, 0.4) is 0 Å². The minimum Gasteiger partial charge on any atom is -0.486 e. The number of ether oxygens (including phenoxy) is 2. The third-order valence-corrected chi connectivity index (χ3v) is 3.79. The first-order valence-corrected chi connectivity index (χ1v) is 7.84. The van der Waals surface area contributed by atoms with Gasteiger partial charge in [-0.25, -0.2) is 4.98 Å². The first-order chi connectivity index (χ1) is 12.3. The molecule has 0 N–H and O–H groups in total. The van der Waals surface area contributed by atoms with Crippen molar-refractivity contribution < 1.29 is 9.47 Å². The van der Waals surface area contributed by atoms with Gasteiger partial charge in [-0.2, -0.15) is 10.2 Å². The summed E-state index contributed by atoms with van der Waals surface area (Å²) in [5.41, 5.74) is 0.951. The van der Waals surface area contributed by atoms with E-state index in [1.54, 1.807) is 6.20 Å². The summed E-state index contributed by atoms with van der Waals surface area (Å²) < 4.78 is 11.4. The maximum Gasteiger partial charge on any atom is 0.234 e. The lowest BCUT2D eigenvalue weighted by molar-refractivity contribution is 0.310. The summed E-state index contributed by atoms with van der Waals surface area (Å²) in [6.07, 6.45) is 1.54. The highest BCUT2D eigenvalue weighted by molar-refractivity contribution is 5.67. The molecule has 0 atom stereocenters. The van der Waals surface area contributed by atoms with Crippen LogP contribution in [0.1, 0.15) is 5.82 Å². The summed E-state index contributed by atoms with van der Waals surface area (Å²) in [4.78, 5) is 10.2. The molecule has 6 heteroatoms. The van der Waals surface area contributed by atoms with Crippen LogP contribution >= 0.6 is 0 Å². The second kappa shape index (κ2) is 6.49. The van der Waals surface area contributed by atoms with Crippen molar-refractivity contribution in [1.29, 1.82) is 5.26 Å². The third-order valence-electron chi connectivity index (χ3n) is 3.79. The van der Waals surface area contributed by atoms with Crippen molar-refractivity contribution in [1.82, 2.24) is 9.97 Å². The molecule has 0 aliphatic carbocycles. The number of nitrogens with zero attached hydrogens (tertiary/aromatic N) is 4. The summed E-state index contributed by atoms with van der Waals surface area (Å²) in [6, 6.07) is 19.3. The highest BCUT2D eigenvalue weighted by Gasteiger charge is 2.22.